The van der Waals surface area contributed by atoms with Gasteiger partial charge < -0.3 is 5.32 Å². The zero-order valence-corrected chi connectivity index (χ0v) is 32.2. The van der Waals surface area contributed by atoms with Crippen LogP contribution in [0.5, 0.6) is 0 Å². The van der Waals surface area contributed by atoms with E-state index in [1.165, 1.54) is 16.7 Å². The van der Waals surface area contributed by atoms with Crippen LogP contribution in [0.15, 0.2) is 115 Å². The quantitative estimate of drug-likeness (QED) is 0.130. The Morgan fingerprint density at radius 2 is 0.978 bits per heavy atom. The number of hydrogen-bond donors (Lipinski definition) is 0. The van der Waals surface area contributed by atoms with Gasteiger partial charge in [-0.25, -0.2) is 0 Å². The van der Waals surface area contributed by atoms with Crippen molar-refractivity contribution in [1.29, 1.82) is 0 Å². The van der Waals surface area contributed by atoms with E-state index in [-0.39, 0.29) is 31.4 Å². The van der Waals surface area contributed by atoms with Gasteiger partial charge >= 0.3 is 0 Å². The first-order valence-corrected chi connectivity index (χ1v) is 15.3. The average Bonchev–Trinajstić information content (AvgIpc) is 3.33. The molecular formula is C41H51HfN3-4. The van der Waals surface area contributed by atoms with Crippen molar-refractivity contribution in [3.63, 3.8) is 0 Å². The Balaban J connectivity index is 0.000000370. The Kier molecular flexibility index (Phi) is 17.2. The largest absolute Gasteiger partial charge is 0.674 e. The molecule has 3 nitrogen and oxygen atoms in total. The normalized spacial score (nSPS) is 10.3. The summed E-state index contributed by atoms with van der Waals surface area (Å²) < 4.78 is 1.87. The molecule has 0 fully saturated rings. The van der Waals surface area contributed by atoms with E-state index >= 15 is 0 Å². The molecule has 1 aromatic heterocycles. The number of aromatic nitrogens is 2. The molecule has 4 heteroatoms. The summed E-state index contributed by atoms with van der Waals surface area (Å²) in [4.78, 5) is 0. The minimum absolute atomic E-state index is 0. The molecule has 0 atom stereocenters. The summed E-state index contributed by atoms with van der Waals surface area (Å²) in [6, 6.07) is 36.2. The molecule has 0 spiro atoms. The second-order valence-corrected chi connectivity index (χ2v) is 12.1. The van der Waals surface area contributed by atoms with Crippen molar-refractivity contribution in [2.75, 3.05) is 0 Å². The Morgan fingerprint density at radius 1 is 0.622 bits per heavy atom. The van der Waals surface area contributed by atoms with Crippen LogP contribution in [0, 0.1) is 27.7 Å². The number of para-hydroxylation sites is 1. The fourth-order valence-corrected chi connectivity index (χ4v) is 4.62. The zero-order valence-electron chi connectivity index (χ0n) is 28.6. The molecule has 0 bridgehead atoms. The van der Waals surface area contributed by atoms with Gasteiger partial charge in [-0.2, -0.15) is 79.0 Å². The Labute approximate surface area is 293 Å². The molecule has 0 aliphatic carbocycles. The van der Waals surface area contributed by atoms with E-state index in [2.05, 4.69) is 98.7 Å². The van der Waals surface area contributed by atoms with E-state index in [9.17, 15) is 0 Å². The first kappa shape index (κ1) is 39.4. The Morgan fingerprint density at radius 3 is 1.22 bits per heavy atom. The summed E-state index contributed by atoms with van der Waals surface area (Å²) in [5.74, 6) is 0.904. The minimum atomic E-state index is -0.347. The fraction of sp³-hybridized carbons (Fsp3) is 0.268. The van der Waals surface area contributed by atoms with Crippen LogP contribution in [-0.4, -0.2) is 9.78 Å². The molecule has 0 saturated heterocycles. The van der Waals surface area contributed by atoms with Crippen molar-refractivity contribution in [2.45, 2.75) is 65.8 Å². The van der Waals surface area contributed by atoms with Gasteiger partial charge in [0.1, 0.15) is 0 Å². The van der Waals surface area contributed by atoms with Gasteiger partial charge in [-0.1, -0.05) is 94.6 Å². The van der Waals surface area contributed by atoms with Crippen LogP contribution in [0.1, 0.15) is 92.5 Å². The molecule has 1 heterocycles. The Hall–Kier alpha value is -3.63. The number of benzene rings is 4. The molecule has 45 heavy (non-hydrogen) atoms. The summed E-state index contributed by atoms with van der Waals surface area (Å²) in [6.45, 7) is 26.5. The molecule has 5 aromatic rings. The van der Waals surface area contributed by atoms with E-state index in [1.54, 1.807) is 0 Å². The molecule has 0 unspecified atom stereocenters. The van der Waals surface area contributed by atoms with Gasteiger partial charge in [0.05, 0.1) is 5.69 Å². The first-order chi connectivity index (χ1) is 20.8. The molecule has 0 aliphatic rings. The van der Waals surface area contributed by atoms with E-state index in [0.717, 1.165) is 28.1 Å². The third-order valence-corrected chi connectivity index (χ3v) is 6.85. The van der Waals surface area contributed by atoms with Gasteiger partial charge in [-0.3, -0.25) is 4.68 Å². The van der Waals surface area contributed by atoms with Crippen LogP contribution >= 0.6 is 0 Å². The average molecular weight is 764 g/mol. The predicted molar refractivity (Wildman–Crippen MR) is 191 cm³/mol. The fourth-order valence-electron chi connectivity index (χ4n) is 4.62. The predicted octanol–water partition coefficient (Wildman–Crippen LogP) is 11.5. The number of rotatable bonds is 5. The topological polar surface area (TPSA) is 31.9 Å². The van der Waals surface area contributed by atoms with Gasteiger partial charge in [-0.05, 0) is 24.3 Å². The zero-order chi connectivity index (χ0) is 32.7. The summed E-state index contributed by atoms with van der Waals surface area (Å²) in [5.41, 5.74) is 8.89. The van der Waals surface area contributed by atoms with E-state index in [0.29, 0.717) is 11.8 Å². The summed E-state index contributed by atoms with van der Waals surface area (Å²) in [5, 5.41) is 9.85. The van der Waals surface area contributed by atoms with Crippen molar-refractivity contribution in [1.82, 2.24) is 9.78 Å². The van der Waals surface area contributed by atoms with Crippen LogP contribution in [0.3, 0.4) is 0 Å². The SMILES string of the molecule is Cc1cn(C)nc1C(C)(C)[N-]c1c(C(C)C)cccc1C(C)C.[CH2-]c1ccccc1.[CH2-]c1ccccc1.[CH2-]c1ccccc1.[Hf]. The summed E-state index contributed by atoms with van der Waals surface area (Å²) >= 11 is 0. The van der Waals surface area contributed by atoms with Gasteiger partial charge in [-0.15, -0.1) is 42.1 Å². The minimum Gasteiger partial charge on any atom is -0.674 e. The van der Waals surface area contributed by atoms with Crippen LogP contribution in [-0.2, 0) is 38.4 Å². The van der Waals surface area contributed by atoms with Gasteiger partial charge in [0.2, 0.25) is 0 Å². The van der Waals surface area contributed by atoms with Crippen molar-refractivity contribution < 1.29 is 25.8 Å². The molecule has 0 radical (unpaired) electrons. The second kappa shape index (κ2) is 19.7. The first-order valence-electron chi connectivity index (χ1n) is 15.3. The monoisotopic (exact) mass is 765 g/mol. The molecule has 4 aromatic carbocycles. The molecule has 0 aliphatic heterocycles. The maximum absolute atomic E-state index is 5.20. The van der Waals surface area contributed by atoms with Crippen molar-refractivity contribution >= 4 is 5.69 Å². The van der Waals surface area contributed by atoms with Gasteiger partial charge in [0, 0.05) is 39.1 Å². The maximum atomic E-state index is 5.20. The van der Waals surface area contributed by atoms with Crippen LogP contribution in [0.2, 0.25) is 0 Å². The number of hydrogen-bond acceptors (Lipinski definition) is 1. The molecule has 0 amide bonds. The van der Waals surface area contributed by atoms with Crippen LogP contribution in [0.25, 0.3) is 5.32 Å². The Bertz CT molecular complexity index is 1370. The standard InChI is InChI=1S/C20H30N3.3C7H7.Hf/c1-13(2)16-10-9-11-17(14(3)4)18(16)21-20(6,7)19-15(5)12-23(8)22-19;3*1-7-5-3-2-4-6-7;/h9-14H,1-8H3;3*2-6H,1H2;/q4*-1;. The van der Waals surface area contributed by atoms with Crippen LogP contribution in [0.4, 0.5) is 5.69 Å². The number of nitrogens with zero attached hydrogens (tertiary/aromatic N) is 3. The van der Waals surface area contributed by atoms with E-state index in [4.69, 9.17) is 5.32 Å². The van der Waals surface area contributed by atoms with E-state index in [1.807, 2.05) is 103 Å². The summed E-state index contributed by atoms with van der Waals surface area (Å²) in [7, 11) is 1.97. The number of aryl methyl sites for hydroxylation is 2. The molecular weight excluding hydrogens is 713 g/mol. The molecule has 5 rings (SSSR count). The molecule has 0 N–H and O–H groups in total. The third kappa shape index (κ3) is 13.9. The van der Waals surface area contributed by atoms with Crippen molar-refractivity contribution in [3.8, 4) is 0 Å². The van der Waals surface area contributed by atoms with Gasteiger partial charge in [0.15, 0.2) is 0 Å². The third-order valence-electron chi connectivity index (χ3n) is 6.85. The van der Waals surface area contributed by atoms with Crippen molar-refractivity contribution in [3.05, 3.63) is 181 Å². The van der Waals surface area contributed by atoms with Crippen molar-refractivity contribution in [2.24, 2.45) is 7.05 Å². The smallest absolute Gasteiger partial charge is 0.0534 e. The maximum Gasteiger partial charge on any atom is 0.0534 e. The van der Waals surface area contributed by atoms with Gasteiger partial charge in [0.25, 0.3) is 0 Å². The second-order valence-electron chi connectivity index (χ2n) is 12.1. The molecule has 238 valence electrons. The van der Waals surface area contributed by atoms with E-state index < -0.39 is 0 Å². The molecule has 0 saturated carbocycles. The summed E-state index contributed by atoms with van der Waals surface area (Å²) in [6.07, 6.45) is 2.06. The van der Waals surface area contributed by atoms with Crippen LogP contribution < -0.4 is 0 Å².